The van der Waals surface area contributed by atoms with Gasteiger partial charge in [-0.05, 0) is 51.1 Å². The number of benzene rings is 2. The Morgan fingerprint density at radius 1 is 1.00 bits per heavy atom. The lowest BCUT2D eigenvalue weighted by molar-refractivity contribution is 0.0944. The number of carbonyl (C=O) groups excluding carboxylic acids is 2. The molecule has 0 spiro atoms. The smallest absolute Gasteiger partial charge is 0.255 e. The van der Waals surface area contributed by atoms with Crippen molar-refractivity contribution in [2.75, 3.05) is 25.1 Å². The molecule has 6 nitrogen and oxygen atoms in total. The first-order chi connectivity index (χ1) is 13.0. The van der Waals surface area contributed by atoms with Gasteiger partial charge >= 0.3 is 0 Å². The van der Waals surface area contributed by atoms with E-state index in [-0.39, 0.29) is 17.9 Å². The second kappa shape index (κ2) is 10.3. The summed E-state index contributed by atoms with van der Waals surface area (Å²) in [5, 5.41) is 5.64. The van der Waals surface area contributed by atoms with Crippen molar-refractivity contribution in [2.24, 2.45) is 0 Å². The van der Waals surface area contributed by atoms with Crippen LogP contribution in [-0.2, 0) is 4.74 Å². The Balaban J connectivity index is 2.08. The molecule has 6 heteroatoms. The quantitative estimate of drug-likeness (QED) is 0.663. The van der Waals surface area contributed by atoms with Crippen LogP contribution in [0.2, 0.25) is 0 Å². The molecule has 0 fully saturated rings. The van der Waals surface area contributed by atoms with E-state index >= 15 is 0 Å². The summed E-state index contributed by atoms with van der Waals surface area (Å²) in [4.78, 5) is 24.9. The lowest BCUT2D eigenvalue weighted by atomic mass is 10.1. The van der Waals surface area contributed by atoms with Gasteiger partial charge in [0.2, 0.25) is 0 Å². The highest BCUT2D eigenvalue weighted by Crippen LogP contribution is 2.18. The van der Waals surface area contributed by atoms with Crippen molar-refractivity contribution in [3.63, 3.8) is 0 Å². The van der Waals surface area contributed by atoms with Gasteiger partial charge in [0.15, 0.2) is 0 Å². The monoisotopic (exact) mass is 370 g/mol. The Morgan fingerprint density at radius 2 is 1.78 bits per heavy atom. The molecular weight excluding hydrogens is 344 g/mol. The van der Waals surface area contributed by atoms with Gasteiger partial charge in [-0.1, -0.05) is 18.2 Å². The maximum Gasteiger partial charge on any atom is 0.255 e. The molecule has 2 amide bonds. The number of hydrogen-bond acceptors (Lipinski definition) is 4. The second-order valence-corrected chi connectivity index (χ2v) is 6.20. The van der Waals surface area contributed by atoms with E-state index in [4.69, 9.17) is 9.47 Å². The van der Waals surface area contributed by atoms with Crippen LogP contribution in [0.15, 0.2) is 48.5 Å². The van der Waals surface area contributed by atoms with Crippen LogP contribution in [-0.4, -0.2) is 37.7 Å². The summed E-state index contributed by atoms with van der Waals surface area (Å²) in [5.41, 5.74) is 1.33. The van der Waals surface area contributed by atoms with Gasteiger partial charge in [-0.2, -0.15) is 0 Å². The predicted molar refractivity (Wildman–Crippen MR) is 105 cm³/mol. The third-order valence-corrected chi connectivity index (χ3v) is 3.64. The third-order valence-electron chi connectivity index (χ3n) is 3.64. The summed E-state index contributed by atoms with van der Waals surface area (Å²) < 4.78 is 10.8. The van der Waals surface area contributed by atoms with Crippen LogP contribution in [0.4, 0.5) is 5.69 Å². The summed E-state index contributed by atoms with van der Waals surface area (Å²) in [6.45, 7) is 7.23. The van der Waals surface area contributed by atoms with Crippen molar-refractivity contribution < 1.29 is 19.1 Å². The van der Waals surface area contributed by atoms with E-state index in [1.54, 1.807) is 48.5 Å². The zero-order valence-electron chi connectivity index (χ0n) is 16.0. The van der Waals surface area contributed by atoms with Gasteiger partial charge < -0.3 is 20.1 Å². The molecule has 0 aliphatic heterocycles. The lowest BCUT2D eigenvalue weighted by Crippen LogP contribution is -2.31. The Kier molecular flexibility index (Phi) is 7.82. The normalized spacial score (nSPS) is 10.5. The van der Waals surface area contributed by atoms with E-state index in [0.29, 0.717) is 42.4 Å². The van der Waals surface area contributed by atoms with Crippen LogP contribution >= 0.6 is 0 Å². The summed E-state index contributed by atoms with van der Waals surface area (Å²) >= 11 is 0. The fourth-order valence-corrected chi connectivity index (χ4v) is 2.41. The Morgan fingerprint density at radius 3 is 2.52 bits per heavy atom. The number of anilines is 1. The maximum atomic E-state index is 12.6. The average molecular weight is 370 g/mol. The van der Waals surface area contributed by atoms with Gasteiger partial charge in [-0.25, -0.2) is 0 Å². The molecule has 0 aliphatic carbocycles. The van der Waals surface area contributed by atoms with Gasteiger partial charge in [0.1, 0.15) is 12.4 Å². The molecule has 0 unspecified atom stereocenters. The number of para-hydroxylation sites is 1. The largest absolute Gasteiger partial charge is 0.491 e. The Hall–Kier alpha value is -2.86. The van der Waals surface area contributed by atoms with Gasteiger partial charge in [0, 0.05) is 18.2 Å². The van der Waals surface area contributed by atoms with Crippen molar-refractivity contribution in [3.8, 4) is 5.75 Å². The Labute approximate surface area is 159 Å². The maximum absolute atomic E-state index is 12.6. The highest BCUT2D eigenvalue weighted by atomic mass is 16.5. The van der Waals surface area contributed by atoms with Gasteiger partial charge in [0.05, 0.1) is 17.9 Å². The summed E-state index contributed by atoms with van der Waals surface area (Å²) in [7, 11) is 0. The first kappa shape index (κ1) is 20.5. The minimum absolute atomic E-state index is 0.00627. The molecule has 2 N–H and O–H groups in total. The minimum atomic E-state index is -0.310. The molecular formula is C21H26N2O4. The number of nitrogens with one attached hydrogen (secondary N) is 2. The van der Waals surface area contributed by atoms with Crippen molar-refractivity contribution >= 4 is 17.5 Å². The van der Waals surface area contributed by atoms with Crippen molar-refractivity contribution in [1.29, 1.82) is 0 Å². The van der Waals surface area contributed by atoms with Crippen LogP contribution < -0.4 is 15.4 Å². The summed E-state index contributed by atoms with van der Waals surface area (Å²) in [6, 6.07) is 13.8. The third kappa shape index (κ3) is 6.42. The summed E-state index contributed by atoms with van der Waals surface area (Å²) in [5.74, 6) is 0.0529. The van der Waals surface area contributed by atoms with E-state index in [1.165, 1.54) is 0 Å². The molecule has 0 aromatic heterocycles. The molecule has 0 aliphatic rings. The number of carbonyl (C=O) groups is 2. The SMILES string of the molecule is CCOCCOc1cccc(C(=O)Nc2ccccc2C(=O)NC(C)C)c1. The standard InChI is InChI=1S/C21H26N2O4/c1-4-26-12-13-27-17-9-7-8-16(14-17)20(24)23-19-11-6-5-10-18(19)21(25)22-15(2)3/h5-11,14-15H,4,12-13H2,1-3H3,(H,22,25)(H,23,24). The minimum Gasteiger partial charge on any atom is -0.491 e. The molecule has 144 valence electrons. The molecule has 2 rings (SSSR count). The molecule has 2 aromatic carbocycles. The zero-order valence-corrected chi connectivity index (χ0v) is 16.0. The molecule has 0 radical (unpaired) electrons. The van der Waals surface area contributed by atoms with Crippen molar-refractivity contribution in [3.05, 3.63) is 59.7 Å². The van der Waals surface area contributed by atoms with Crippen LogP contribution in [0.3, 0.4) is 0 Å². The average Bonchev–Trinajstić information content (AvgIpc) is 2.65. The first-order valence-electron chi connectivity index (χ1n) is 9.03. The van der Waals surface area contributed by atoms with Crippen molar-refractivity contribution in [2.45, 2.75) is 26.8 Å². The summed E-state index contributed by atoms with van der Waals surface area (Å²) in [6.07, 6.45) is 0. The first-order valence-corrected chi connectivity index (χ1v) is 9.03. The van der Waals surface area contributed by atoms with E-state index in [9.17, 15) is 9.59 Å². The number of hydrogen-bond donors (Lipinski definition) is 2. The van der Waals surface area contributed by atoms with E-state index in [0.717, 1.165) is 0 Å². The van der Waals surface area contributed by atoms with Gasteiger partial charge in [-0.3, -0.25) is 9.59 Å². The fraction of sp³-hybridized carbons (Fsp3) is 0.333. The molecule has 0 bridgehead atoms. The van der Waals surface area contributed by atoms with Crippen LogP contribution in [0.25, 0.3) is 0 Å². The molecule has 0 atom stereocenters. The molecule has 0 saturated heterocycles. The van der Waals surface area contributed by atoms with Crippen LogP contribution in [0.1, 0.15) is 41.5 Å². The van der Waals surface area contributed by atoms with Gasteiger partial charge in [0.25, 0.3) is 11.8 Å². The van der Waals surface area contributed by atoms with Crippen LogP contribution in [0.5, 0.6) is 5.75 Å². The zero-order chi connectivity index (χ0) is 19.6. The number of ether oxygens (including phenoxy) is 2. The van der Waals surface area contributed by atoms with E-state index in [1.807, 2.05) is 20.8 Å². The number of amides is 2. The predicted octanol–water partition coefficient (Wildman–Crippen LogP) is 3.49. The molecule has 0 saturated carbocycles. The molecule has 0 heterocycles. The molecule has 2 aromatic rings. The highest BCUT2D eigenvalue weighted by Gasteiger charge is 2.15. The second-order valence-electron chi connectivity index (χ2n) is 6.20. The highest BCUT2D eigenvalue weighted by molar-refractivity contribution is 6.09. The topological polar surface area (TPSA) is 76.7 Å². The van der Waals surface area contributed by atoms with E-state index < -0.39 is 0 Å². The Bertz CT molecular complexity index is 774. The van der Waals surface area contributed by atoms with Crippen LogP contribution in [0, 0.1) is 0 Å². The number of rotatable bonds is 9. The molecule has 27 heavy (non-hydrogen) atoms. The fourth-order valence-electron chi connectivity index (χ4n) is 2.41. The lowest BCUT2D eigenvalue weighted by Gasteiger charge is -2.13. The van der Waals surface area contributed by atoms with Crippen molar-refractivity contribution in [1.82, 2.24) is 5.32 Å². The van der Waals surface area contributed by atoms with E-state index in [2.05, 4.69) is 10.6 Å². The van der Waals surface area contributed by atoms with Gasteiger partial charge in [-0.15, -0.1) is 0 Å².